The second-order valence-corrected chi connectivity index (χ2v) is 5.88. The first-order valence-electron chi connectivity index (χ1n) is 7.85. The maximum absolute atomic E-state index is 12.0. The summed E-state index contributed by atoms with van der Waals surface area (Å²) in [4.78, 5) is 12.0. The van der Waals surface area contributed by atoms with Crippen LogP contribution in [0.4, 0.5) is 0 Å². The molecule has 0 saturated heterocycles. The van der Waals surface area contributed by atoms with Crippen LogP contribution in [0.5, 0.6) is 0 Å². The first kappa shape index (κ1) is 16.2. The van der Waals surface area contributed by atoms with Crippen LogP contribution in [0.2, 0.25) is 0 Å². The minimum atomic E-state index is 0.0745. The molecule has 0 heterocycles. The molecule has 0 aliphatic rings. The third-order valence-corrected chi connectivity index (χ3v) is 3.79. The van der Waals surface area contributed by atoms with E-state index >= 15 is 0 Å². The van der Waals surface area contributed by atoms with Crippen LogP contribution in [0, 0.1) is 5.92 Å². The Morgan fingerprint density at radius 2 is 1.59 bits per heavy atom. The lowest BCUT2D eigenvalue weighted by Gasteiger charge is -2.19. The van der Waals surface area contributed by atoms with E-state index in [0.29, 0.717) is 25.0 Å². The average Bonchev–Trinajstić information content (AvgIpc) is 2.55. The lowest BCUT2D eigenvalue weighted by molar-refractivity contribution is -0.692. The van der Waals surface area contributed by atoms with Crippen LogP contribution in [0.25, 0.3) is 0 Å². The average molecular weight is 297 g/mol. The number of hydrogen-bond acceptors (Lipinski definition) is 1. The molecular weight excluding hydrogens is 272 g/mol. The summed E-state index contributed by atoms with van der Waals surface area (Å²) in [6.07, 6.45) is 0. The van der Waals surface area contributed by atoms with Crippen molar-refractivity contribution in [3.05, 3.63) is 71.8 Å². The number of rotatable bonds is 7. The van der Waals surface area contributed by atoms with E-state index in [1.54, 1.807) is 0 Å². The molecule has 2 rings (SSSR count). The molecule has 0 saturated carbocycles. The maximum Gasteiger partial charge on any atom is 0.275 e. The van der Waals surface area contributed by atoms with Crippen molar-refractivity contribution in [3.63, 3.8) is 0 Å². The van der Waals surface area contributed by atoms with Gasteiger partial charge in [-0.05, 0) is 5.56 Å². The molecule has 0 radical (unpaired) electrons. The van der Waals surface area contributed by atoms with Crippen molar-refractivity contribution in [1.29, 1.82) is 0 Å². The fraction of sp³-hybridized carbons (Fsp3) is 0.316. The molecule has 0 aliphatic heterocycles. The second kappa shape index (κ2) is 8.35. The molecule has 116 valence electrons. The number of carbonyl (C=O) groups is 1. The van der Waals surface area contributed by atoms with Crippen LogP contribution < -0.4 is 10.6 Å². The molecule has 3 heteroatoms. The first-order chi connectivity index (χ1) is 10.7. The highest BCUT2D eigenvalue weighted by atomic mass is 16.1. The highest BCUT2D eigenvalue weighted by Gasteiger charge is 2.19. The highest BCUT2D eigenvalue weighted by Crippen LogP contribution is 2.16. The molecule has 2 aromatic rings. The zero-order chi connectivity index (χ0) is 15.8. The summed E-state index contributed by atoms with van der Waals surface area (Å²) in [5.41, 5.74) is 2.40. The van der Waals surface area contributed by atoms with E-state index in [-0.39, 0.29) is 5.91 Å². The molecule has 0 spiro atoms. The van der Waals surface area contributed by atoms with Gasteiger partial charge in [0.2, 0.25) is 0 Å². The molecule has 1 atom stereocenters. The molecule has 0 aliphatic carbocycles. The third-order valence-electron chi connectivity index (χ3n) is 3.79. The quantitative estimate of drug-likeness (QED) is 0.809. The Labute approximate surface area is 132 Å². The zero-order valence-corrected chi connectivity index (χ0v) is 13.3. The number of quaternary nitrogens is 1. The van der Waals surface area contributed by atoms with Gasteiger partial charge in [-0.3, -0.25) is 4.79 Å². The first-order valence-corrected chi connectivity index (χ1v) is 7.85. The van der Waals surface area contributed by atoms with Crippen molar-refractivity contribution >= 4 is 5.91 Å². The second-order valence-electron chi connectivity index (χ2n) is 5.88. The summed E-state index contributed by atoms with van der Waals surface area (Å²) in [5.74, 6) is 0.551. The monoisotopic (exact) mass is 297 g/mol. The molecule has 3 nitrogen and oxygen atoms in total. The lowest BCUT2D eigenvalue weighted by Crippen LogP contribution is -2.88. The van der Waals surface area contributed by atoms with Crippen molar-refractivity contribution in [3.8, 4) is 0 Å². The van der Waals surface area contributed by atoms with Crippen LogP contribution in [-0.2, 0) is 11.3 Å². The Morgan fingerprint density at radius 1 is 1.00 bits per heavy atom. The molecular formula is C19H25N2O+. The largest absolute Gasteiger partial charge is 0.347 e. The summed E-state index contributed by atoms with van der Waals surface area (Å²) < 4.78 is 0. The zero-order valence-electron chi connectivity index (χ0n) is 13.3. The van der Waals surface area contributed by atoms with Crippen molar-refractivity contribution in [1.82, 2.24) is 5.32 Å². The van der Waals surface area contributed by atoms with E-state index < -0.39 is 0 Å². The fourth-order valence-electron chi connectivity index (χ4n) is 2.57. The smallest absolute Gasteiger partial charge is 0.275 e. The van der Waals surface area contributed by atoms with Gasteiger partial charge in [-0.15, -0.1) is 0 Å². The van der Waals surface area contributed by atoms with E-state index in [4.69, 9.17) is 0 Å². The van der Waals surface area contributed by atoms with E-state index in [1.807, 2.05) is 48.5 Å². The Hall–Kier alpha value is -2.13. The van der Waals surface area contributed by atoms with E-state index in [2.05, 4.69) is 36.6 Å². The normalized spacial score (nSPS) is 12.1. The number of nitrogens with two attached hydrogens (primary N) is 1. The highest BCUT2D eigenvalue weighted by molar-refractivity contribution is 5.76. The molecule has 0 bridgehead atoms. The van der Waals surface area contributed by atoms with Crippen LogP contribution in [0.1, 0.15) is 31.0 Å². The molecule has 3 N–H and O–H groups in total. The summed E-state index contributed by atoms with van der Waals surface area (Å²) >= 11 is 0. The van der Waals surface area contributed by atoms with Crippen LogP contribution in [0.3, 0.4) is 0 Å². The summed E-state index contributed by atoms with van der Waals surface area (Å²) in [7, 11) is 0. The van der Waals surface area contributed by atoms with Gasteiger partial charge < -0.3 is 10.6 Å². The SMILES string of the molecule is CC(C)[C@@H]([NH2+]CC(=O)NCc1ccccc1)c1ccccc1. The summed E-state index contributed by atoms with van der Waals surface area (Å²) in [5, 5.41) is 5.10. The minimum absolute atomic E-state index is 0.0745. The predicted octanol–water partition coefficient (Wildman–Crippen LogP) is 2.26. The number of amides is 1. The topological polar surface area (TPSA) is 45.7 Å². The molecule has 2 aromatic carbocycles. The molecule has 22 heavy (non-hydrogen) atoms. The van der Waals surface area contributed by atoms with Gasteiger partial charge in [-0.1, -0.05) is 74.5 Å². The van der Waals surface area contributed by atoms with Crippen molar-refractivity contribution < 1.29 is 10.1 Å². The number of benzene rings is 2. The molecule has 0 aromatic heterocycles. The third kappa shape index (κ3) is 5.01. The van der Waals surface area contributed by atoms with Crippen molar-refractivity contribution in [2.75, 3.05) is 6.54 Å². The van der Waals surface area contributed by atoms with Gasteiger partial charge >= 0.3 is 0 Å². The number of hydrogen-bond donors (Lipinski definition) is 2. The Balaban J connectivity index is 1.83. The van der Waals surface area contributed by atoms with E-state index in [0.717, 1.165) is 5.56 Å². The van der Waals surface area contributed by atoms with Crippen LogP contribution in [-0.4, -0.2) is 12.5 Å². The van der Waals surface area contributed by atoms with Gasteiger partial charge in [-0.25, -0.2) is 0 Å². The number of nitrogens with one attached hydrogen (secondary N) is 1. The maximum atomic E-state index is 12.0. The Morgan fingerprint density at radius 3 is 2.18 bits per heavy atom. The molecule has 0 fully saturated rings. The lowest BCUT2D eigenvalue weighted by atomic mass is 9.96. The van der Waals surface area contributed by atoms with Gasteiger partial charge in [0.25, 0.3) is 5.91 Å². The number of carbonyl (C=O) groups excluding carboxylic acids is 1. The van der Waals surface area contributed by atoms with Gasteiger partial charge in [0, 0.05) is 18.0 Å². The Kier molecular flexibility index (Phi) is 6.16. The van der Waals surface area contributed by atoms with Crippen LogP contribution in [0.15, 0.2) is 60.7 Å². The molecule has 0 unspecified atom stereocenters. The van der Waals surface area contributed by atoms with Crippen molar-refractivity contribution in [2.24, 2.45) is 5.92 Å². The van der Waals surface area contributed by atoms with Gasteiger partial charge in [-0.2, -0.15) is 0 Å². The van der Waals surface area contributed by atoms with Gasteiger partial charge in [0.1, 0.15) is 6.04 Å². The summed E-state index contributed by atoms with van der Waals surface area (Å²) in [6, 6.07) is 20.7. The van der Waals surface area contributed by atoms with E-state index in [9.17, 15) is 4.79 Å². The van der Waals surface area contributed by atoms with Gasteiger partial charge in [0.15, 0.2) is 6.54 Å². The standard InChI is InChI=1S/C19H24N2O/c1-15(2)19(17-11-7-4-8-12-17)21-14-18(22)20-13-16-9-5-3-6-10-16/h3-12,15,19,21H,13-14H2,1-2H3,(H,20,22)/p+1/t19-/m1/s1. The van der Waals surface area contributed by atoms with Crippen molar-refractivity contribution in [2.45, 2.75) is 26.4 Å². The molecule has 1 amide bonds. The Bertz CT molecular complexity index is 567. The summed E-state index contributed by atoms with van der Waals surface area (Å²) in [6.45, 7) is 5.42. The van der Waals surface area contributed by atoms with Gasteiger partial charge in [0.05, 0.1) is 0 Å². The minimum Gasteiger partial charge on any atom is -0.347 e. The van der Waals surface area contributed by atoms with Crippen LogP contribution >= 0.6 is 0 Å². The van der Waals surface area contributed by atoms with E-state index in [1.165, 1.54) is 5.56 Å². The predicted molar refractivity (Wildman–Crippen MR) is 89.1 cm³/mol. The fourth-order valence-corrected chi connectivity index (χ4v) is 2.57.